The highest BCUT2D eigenvalue weighted by Gasteiger charge is 2.24. The summed E-state index contributed by atoms with van der Waals surface area (Å²) < 4.78 is 6.27. The number of carbonyl (C=O) groups is 2. The molecule has 7 heteroatoms. The van der Waals surface area contributed by atoms with Gasteiger partial charge in [0, 0.05) is 5.56 Å². The molecule has 0 fully saturated rings. The van der Waals surface area contributed by atoms with Crippen molar-refractivity contribution in [3.63, 3.8) is 0 Å². The molecule has 2 aromatic carbocycles. The number of nitrogens with one attached hydrogen (secondary N) is 2. The maximum Gasteiger partial charge on any atom is 0.262 e. The van der Waals surface area contributed by atoms with Crippen molar-refractivity contribution in [2.75, 3.05) is 6.61 Å². The fraction of sp³-hybridized carbons (Fsp3) is 0.286. The summed E-state index contributed by atoms with van der Waals surface area (Å²) in [6.07, 6.45) is 1.54. The smallest absolute Gasteiger partial charge is 0.262 e. The van der Waals surface area contributed by atoms with Crippen LogP contribution in [0.2, 0.25) is 0 Å². The summed E-state index contributed by atoms with van der Waals surface area (Å²) in [7, 11) is 0. The lowest BCUT2D eigenvalue weighted by molar-refractivity contribution is -0.123. The molecule has 2 rings (SSSR count). The van der Waals surface area contributed by atoms with E-state index in [1.54, 1.807) is 24.3 Å². The summed E-state index contributed by atoms with van der Waals surface area (Å²) in [6, 6.07) is 13.6. The van der Waals surface area contributed by atoms with E-state index in [-0.39, 0.29) is 17.7 Å². The predicted molar refractivity (Wildman–Crippen MR) is 114 cm³/mol. The van der Waals surface area contributed by atoms with Gasteiger partial charge in [0.15, 0.2) is 0 Å². The molecule has 0 saturated heterocycles. The van der Waals surface area contributed by atoms with Crippen molar-refractivity contribution in [3.8, 4) is 5.75 Å². The van der Waals surface area contributed by atoms with Crippen molar-refractivity contribution in [1.82, 2.24) is 10.7 Å². The third-order valence-electron chi connectivity index (χ3n) is 3.92. The number of nitrogens with zero attached hydrogens (tertiary/aromatic N) is 1. The Hall–Kier alpha value is -2.67. The van der Waals surface area contributed by atoms with E-state index in [9.17, 15) is 9.59 Å². The van der Waals surface area contributed by atoms with E-state index >= 15 is 0 Å². The van der Waals surface area contributed by atoms with Crippen molar-refractivity contribution >= 4 is 34.0 Å². The van der Waals surface area contributed by atoms with Gasteiger partial charge >= 0.3 is 0 Å². The quantitative estimate of drug-likeness (QED) is 0.479. The van der Waals surface area contributed by atoms with Gasteiger partial charge < -0.3 is 10.1 Å². The monoisotopic (exact) mass is 445 g/mol. The molecule has 2 N–H and O–H groups in total. The van der Waals surface area contributed by atoms with Gasteiger partial charge in [0.05, 0.1) is 17.3 Å². The maximum atomic E-state index is 12.5. The zero-order valence-corrected chi connectivity index (χ0v) is 17.7. The summed E-state index contributed by atoms with van der Waals surface area (Å²) in [5.41, 5.74) is 3.80. The second-order valence-electron chi connectivity index (χ2n) is 6.42. The van der Waals surface area contributed by atoms with E-state index in [0.29, 0.717) is 12.2 Å². The Balaban J connectivity index is 1.99. The zero-order chi connectivity index (χ0) is 20.5. The molecule has 6 nitrogen and oxygen atoms in total. The van der Waals surface area contributed by atoms with Gasteiger partial charge in [0.2, 0.25) is 0 Å². The van der Waals surface area contributed by atoms with E-state index in [1.807, 2.05) is 45.0 Å². The van der Waals surface area contributed by atoms with Crippen molar-refractivity contribution < 1.29 is 14.3 Å². The average Bonchev–Trinajstić information content (AvgIpc) is 2.68. The SMILES string of the molecule is CCOc1ccc(C=NNC(=O)C(NC(=O)c2ccccc2)C(C)C)cc1Br. The number of amides is 2. The molecular formula is C21H24BrN3O3. The summed E-state index contributed by atoms with van der Waals surface area (Å²) in [6.45, 7) is 6.22. The normalized spacial score (nSPS) is 12.0. The topological polar surface area (TPSA) is 79.8 Å². The van der Waals surface area contributed by atoms with Gasteiger partial charge in [0.25, 0.3) is 11.8 Å². The summed E-state index contributed by atoms with van der Waals surface area (Å²) >= 11 is 3.44. The van der Waals surface area contributed by atoms with Crippen LogP contribution < -0.4 is 15.5 Å². The summed E-state index contributed by atoms with van der Waals surface area (Å²) in [4.78, 5) is 24.8. The molecule has 0 aliphatic rings. The van der Waals surface area contributed by atoms with Gasteiger partial charge in [-0.25, -0.2) is 5.43 Å². The van der Waals surface area contributed by atoms with Crippen LogP contribution in [0.3, 0.4) is 0 Å². The minimum atomic E-state index is -0.697. The second kappa shape index (κ2) is 10.6. The first-order valence-electron chi connectivity index (χ1n) is 9.03. The van der Waals surface area contributed by atoms with Crippen molar-refractivity contribution in [2.24, 2.45) is 11.0 Å². The lowest BCUT2D eigenvalue weighted by atomic mass is 10.0. The molecular weight excluding hydrogens is 422 g/mol. The Morgan fingerprint density at radius 2 is 1.89 bits per heavy atom. The maximum absolute atomic E-state index is 12.5. The fourth-order valence-electron chi connectivity index (χ4n) is 2.46. The first kappa shape index (κ1) is 21.6. The Kier molecular flexibility index (Phi) is 8.19. The molecule has 0 bridgehead atoms. The number of hydrogen-bond acceptors (Lipinski definition) is 4. The molecule has 1 atom stereocenters. The Morgan fingerprint density at radius 1 is 1.18 bits per heavy atom. The molecule has 28 heavy (non-hydrogen) atoms. The number of hydrogen-bond donors (Lipinski definition) is 2. The minimum absolute atomic E-state index is 0.0949. The zero-order valence-electron chi connectivity index (χ0n) is 16.1. The van der Waals surface area contributed by atoms with E-state index < -0.39 is 6.04 Å². The summed E-state index contributed by atoms with van der Waals surface area (Å²) in [5, 5.41) is 6.77. The average molecular weight is 446 g/mol. The molecule has 0 aromatic heterocycles. The van der Waals surface area contributed by atoms with Crippen LogP contribution in [-0.4, -0.2) is 30.7 Å². The van der Waals surface area contributed by atoms with Crippen LogP contribution in [0.25, 0.3) is 0 Å². The molecule has 2 amide bonds. The Bertz CT molecular complexity index is 838. The number of halogens is 1. The van der Waals surface area contributed by atoms with E-state index in [0.717, 1.165) is 15.8 Å². The highest BCUT2D eigenvalue weighted by atomic mass is 79.9. The number of hydrazone groups is 1. The lowest BCUT2D eigenvalue weighted by Crippen LogP contribution is -2.48. The number of rotatable bonds is 8. The van der Waals surface area contributed by atoms with Gasteiger partial charge in [-0.15, -0.1) is 0 Å². The molecule has 0 radical (unpaired) electrons. The number of benzene rings is 2. The van der Waals surface area contributed by atoms with E-state index in [1.165, 1.54) is 6.21 Å². The highest BCUT2D eigenvalue weighted by molar-refractivity contribution is 9.10. The second-order valence-corrected chi connectivity index (χ2v) is 7.27. The molecule has 0 heterocycles. The van der Waals surface area contributed by atoms with E-state index in [2.05, 4.69) is 31.8 Å². The van der Waals surface area contributed by atoms with Crippen LogP contribution in [0.15, 0.2) is 58.1 Å². The minimum Gasteiger partial charge on any atom is -0.493 e. The van der Waals surface area contributed by atoms with Crippen LogP contribution in [-0.2, 0) is 4.79 Å². The van der Waals surface area contributed by atoms with Gasteiger partial charge in [0.1, 0.15) is 11.8 Å². The highest BCUT2D eigenvalue weighted by Crippen LogP contribution is 2.25. The largest absolute Gasteiger partial charge is 0.493 e. The third-order valence-corrected chi connectivity index (χ3v) is 4.54. The number of ether oxygens (including phenoxy) is 1. The molecule has 0 saturated carbocycles. The first-order chi connectivity index (χ1) is 13.4. The molecule has 148 valence electrons. The van der Waals surface area contributed by atoms with Crippen molar-refractivity contribution in [1.29, 1.82) is 0 Å². The van der Waals surface area contributed by atoms with Crippen LogP contribution in [0, 0.1) is 5.92 Å². The Labute approximate surface area is 173 Å². The lowest BCUT2D eigenvalue weighted by Gasteiger charge is -2.20. The number of carbonyl (C=O) groups excluding carboxylic acids is 2. The molecule has 1 unspecified atom stereocenters. The van der Waals surface area contributed by atoms with Gasteiger partial charge in [-0.05, 0) is 64.7 Å². The van der Waals surface area contributed by atoms with Gasteiger partial charge in [-0.1, -0.05) is 32.0 Å². The van der Waals surface area contributed by atoms with Gasteiger partial charge in [-0.2, -0.15) is 5.10 Å². The van der Waals surface area contributed by atoms with Crippen LogP contribution in [0.4, 0.5) is 0 Å². The van der Waals surface area contributed by atoms with Gasteiger partial charge in [-0.3, -0.25) is 9.59 Å². The molecule has 0 aliphatic heterocycles. The van der Waals surface area contributed by atoms with E-state index in [4.69, 9.17) is 4.74 Å². The third kappa shape index (κ3) is 6.20. The predicted octanol–water partition coefficient (Wildman–Crippen LogP) is 3.75. The van der Waals surface area contributed by atoms with Crippen LogP contribution >= 0.6 is 15.9 Å². The summed E-state index contributed by atoms with van der Waals surface area (Å²) in [5.74, 6) is -0.0240. The fourth-order valence-corrected chi connectivity index (χ4v) is 2.97. The Morgan fingerprint density at radius 3 is 2.50 bits per heavy atom. The van der Waals surface area contributed by atoms with Crippen molar-refractivity contribution in [3.05, 3.63) is 64.1 Å². The standard InChI is InChI=1S/C21H24BrN3O3/c1-4-28-18-11-10-15(12-17(18)22)13-23-25-21(27)19(14(2)3)24-20(26)16-8-6-5-7-9-16/h5-14,19H,4H2,1-3H3,(H,24,26)(H,25,27). The molecule has 2 aromatic rings. The van der Waals surface area contributed by atoms with Crippen LogP contribution in [0.1, 0.15) is 36.7 Å². The first-order valence-corrected chi connectivity index (χ1v) is 9.82. The molecule has 0 spiro atoms. The van der Waals surface area contributed by atoms with Crippen molar-refractivity contribution in [2.45, 2.75) is 26.8 Å². The molecule has 0 aliphatic carbocycles. The van der Waals surface area contributed by atoms with Crippen LogP contribution in [0.5, 0.6) is 5.75 Å².